The minimum atomic E-state index is -0.214. The Hall–Kier alpha value is -3.28. The van der Waals surface area contributed by atoms with Gasteiger partial charge in [0, 0.05) is 29.2 Å². The number of para-hydroxylation sites is 1. The van der Waals surface area contributed by atoms with Gasteiger partial charge in [0.25, 0.3) is 5.91 Å². The van der Waals surface area contributed by atoms with Gasteiger partial charge in [-0.2, -0.15) is 0 Å². The van der Waals surface area contributed by atoms with Gasteiger partial charge in [0.2, 0.25) is 5.91 Å². The van der Waals surface area contributed by atoms with Crippen molar-refractivity contribution in [3.05, 3.63) is 59.8 Å². The summed E-state index contributed by atoms with van der Waals surface area (Å²) in [5.74, 6) is 0.308. The molecule has 2 aromatic carbocycles. The quantitative estimate of drug-likeness (QED) is 0.652. The molecule has 1 aromatic heterocycles. The number of H-pyrrole nitrogens is 1. The molecule has 0 fully saturated rings. The maximum atomic E-state index is 13.0. The summed E-state index contributed by atoms with van der Waals surface area (Å²) >= 11 is 0. The molecule has 6 heteroatoms. The van der Waals surface area contributed by atoms with Gasteiger partial charge in [0.15, 0.2) is 0 Å². The Morgan fingerprint density at radius 2 is 1.93 bits per heavy atom. The number of benzene rings is 2. The lowest BCUT2D eigenvalue weighted by atomic mass is 10.2. The zero-order chi connectivity index (χ0) is 20.1. The Morgan fingerprint density at radius 3 is 2.64 bits per heavy atom. The normalized spacial score (nSPS) is 10.7. The topological polar surface area (TPSA) is 74.4 Å². The minimum absolute atomic E-state index is 0.000304. The number of methoxy groups -OCH3 is 1. The van der Waals surface area contributed by atoms with Crippen molar-refractivity contribution < 1.29 is 14.3 Å². The number of aromatic nitrogens is 1. The summed E-state index contributed by atoms with van der Waals surface area (Å²) in [6.07, 6.45) is 0.761. The predicted octanol–water partition coefficient (Wildman–Crippen LogP) is 3.98. The highest BCUT2D eigenvalue weighted by atomic mass is 16.5. The second kappa shape index (κ2) is 8.61. The van der Waals surface area contributed by atoms with Crippen LogP contribution in [0.4, 0.5) is 5.69 Å². The molecule has 146 valence electrons. The van der Waals surface area contributed by atoms with E-state index in [4.69, 9.17) is 4.74 Å². The molecule has 0 unspecified atom stereocenters. The molecule has 0 saturated heterocycles. The second-order valence-electron chi connectivity index (χ2n) is 6.73. The minimum Gasteiger partial charge on any atom is -0.497 e. The van der Waals surface area contributed by atoms with Gasteiger partial charge in [-0.3, -0.25) is 9.59 Å². The molecule has 0 aliphatic carbocycles. The molecule has 0 radical (unpaired) electrons. The Balaban J connectivity index is 1.76. The lowest BCUT2D eigenvalue weighted by Gasteiger charge is -2.21. The molecule has 6 nitrogen and oxygen atoms in total. The van der Waals surface area contributed by atoms with Crippen LogP contribution in [0.1, 0.15) is 29.4 Å². The van der Waals surface area contributed by atoms with Crippen LogP contribution in [0.5, 0.6) is 5.75 Å². The maximum absolute atomic E-state index is 13.0. The van der Waals surface area contributed by atoms with Crippen molar-refractivity contribution in [3.8, 4) is 5.75 Å². The number of rotatable bonds is 7. The van der Waals surface area contributed by atoms with Crippen molar-refractivity contribution in [2.75, 3.05) is 25.5 Å². The van der Waals surface area contributed by atoms with E-state index >= 15 is 0 Å². The number of carbonyl (C=O) groups excluding carboxylic acids is 2. The van der Waals surface area contributed by atoms with Gasteiger partial charge < -0.3 is 19.9 Å². The van der Waals surface area contributed by atoms with Gasteiger partial charge in [-0.25, -0.2) is 0 Å². The van der Waals surface area contributed by atoms with Crippen LogP contribution in [-0.4, -0.2) is 41.9 Å². The van der Waals surface area contributed by atoms with E-state index in [-0.39, 0.29) is 18.4 Å². The van der Waals surface area contributed by atoms with Crippen LogP contribution in [0.15, 0.2) is 48.5 Å². The van der Waals surface area contributed by atoms with Gasteiger partial charge in [-0.15, -0.1) is 0 Å². The Morgan fingerprint density at radius 1 is 1.14 bits per heavy atom. The number of aryl methyl sites for hydroxylation is 1. The number of fused-ring (bicyclic) bond motifs is 1. The lowest BCUT2D eigenvalue weighted by Crippen LogP contribution is -2.38. The summed E-state index contributed by atoms with van der Waals surface area (Å²) in [6.45, 7) is 4.41. The first-order chi connectivity index (χ1) is 13.5. The van der Waals surface area contributed by atoms with E-state index in [9.17, 15) is 9.59 Å². The summed E-state index contributed by atoms with van der Waals surface area (Å²) < 4.78 is 5.23. The second-order valence-corrected chi connectivity index (χ2v) is 6.73. The first-order valence-electron chi connectivity index (χ1n) is 9.33. The van der Waals surface area contributed by atoms with Crippen molar-refractivity contribution in [1.29, 1.82) is 0 Å². The number of nitrogens with one attached hydrogen (secondary N) is 2. The van der Waals surface area contributed by atoms with Gasteiger partial charge in [-0.1, -0.05) is 25.1 Å². The third-order valence-corrected chi connectivity index (χ3v) is 4.59. The monoisotopic (exact) mass is 379 g/mol. The molecule has 0 atom stereocenters. The van der Waals surface area contributed by atoms with Crippen LogP contribution >= 0.6 is 0 Å². The molecule has 0 aliphatic rings. The van der Waals surface area contributed by atoms with E-state index in [1.165, 1.54) is 0 Å². The molecular formula is C22H25N3O3. The molecule has 28 heavy (non-hydrogen) atoms. The zero-order valence-electron chi connectivity index (χ0n) is 16.4. The summed E-state index contributed by atoms with van der Waals surface area (Å²) in [5, 5.41) is 3.81. The first kappa shape index (κ1) is 19.5. The molecule has 0 saturated carbocycles. The largest absolute Gasteiger partial charge is 0.497 e. The van der Waals surface area contributed by atoms with Crippen LogP contribution < -0.4 is 10.1 Å². The standard InChI is InChI=1S/C22H25N3O3/c1-4-11-25(14-21(26)24-18-8-6-5-7-15(18)2)22(27)20-12-16-9-10-17(28-3)13-19(16)23-20/h5-10,12-13,23H,4,11,14H2,1-3H3,(H,24,26). The number of ether oxygens (including phenoxy) is 1. The van der Waals surface area contributed by atoms with Crippen LogP contribution in [0.2, 0.25) is 0 Å². The average Bonchev–Trinajstić information content (AvgIpc) is 3.12. The maximum Gasteiger partial charge on any atom is 0.270 e. The van der Waals surface area contributed by atoms with Crippen molar-refractivity contribution in [3.63, 3.8) is 0 Å². The zero-order valence-corrected chi connectivity index (χ0v) is 16.4. The molecule has 0 spiro atoms. The van der Waals surface area contributed by atoms with Crippen molar-refractivity contribution in [2.45, 2.75) is 20.3 Å². The molecule has 2 N–H and O–H groups in total. The third-order valence-electron chi connectivity index (χ3n) is 4.59. The third kappa shape index (κ3) is 4.34. The molecule has 2 amide bonds. The molecule has 0 aliphatic heterocycles. The fourth-order valence-electron chi connectivity index (χ4n) is 3.12. The van der Waals surface area contributed by atoms with E-state index in [1.807, 2.05) is 56.3 Å². The fourth-order valence-corrected chi connectivity index (χ4v) is 3.12. The average molecular weight is 379 g/mol. The highest BCUT2D eigenvalue weighted by molar-refractivity contribution is 6.01. The summed E-state index contributed by atoms with van der Waals surface area (Å²) in [4.78, 5) is 30.2. The number of carbonyl (C=O) groups is 2. The smallest absolute Gasteiger partial charge is 0.270 e. The molecule has 3 aromatic rings. The van der Waals surface area contributed by atoms with E-state index in [2.05, 4.69) is 10.3 Å². The Kier molecular flexibility index (Phi) is 5.99. The van der Waals surface area contributed by atoms with Crippen LogP contribution in [0, 0.1) is 6.92 Å². The summed E-state index contributed by atoms with van der Waals surface area (Å²) in [5.41, 5.74) is 3.02. The highest BCUT2D eigenvalue weighted by Crippen LogP contribution is 2.22. The van der Waals surface area contributed by atoms with Gasteiger partial charge >= 0.3 is 0 Å². The number of hydrogen-bond donors (Lipinski definition) is 2. The highest BCUT2D eigenvalue weighted by Gasteiger charge is 2.20. The van der Waals surface area contributed by atoms with E-state index < -0.39 is 0 Å². The van der Waals surface area contributed by atoms with Gasteiger partial charge in [0.1, 0.15) is 18.0 Å². The van der Waals surface area contributed by atoms with Crippen molar-refractivity contribution in [2.24, 2.45) is 0 Å². The van der Waals surface area contributed by atoms with Crippen molar-refractivity contribution >= 4 is 28.4 Å². The Bertz CT molecular complexity index is 994. The predicted molar refractivity (Wildman–Crippen MR) is 111 cm³/mol. The lowest BCUT2D eigenvalue weighted by molar-refractivity contribution is -0.116. The number of nitrogens with zero attached hydrogens (tertiary/aromatic N) is 1. The molecule has 0 bridgehead atoms. The van der Waals surface area contributed by atoms with Crippen LogP contribution in [0.25, 0.3) is 10.9 Å². The van der Waals surface area contributed by atoms with Gasteiger partial charge in [-0.05, 0) is 43.2 Å². The SMILES string of the molecule is CCCN(CC(=O)Nc1ccccc1C)C(=O)c1cc2ccc(OC)cc2[nH]1. The fraction of sp³-hybridized carbons (Fsp3) is 0.273. The molecule has 3 rings (SSSR count). The van der Waals surface area contributed by atoms with Crippen LogP contribution in [-0.2, 0) is 4.79 Å². The molecule has 1 heterocycles. The number of anilines is 1. The van der Waals surface area contributed by atoms with Gasteiger partial charge in [0.05, 0.1) is 7.11 Å². The van der Waals surface area contributed by atoms with E-state index in [0.29, 0.717) is 12.2 Å². The molecular weight excluding hydrogens is 354 g/mol. The number of amides is 2. The first-order valence-corrected chi connectivity index (χ1v) is 9.33. The number of aromatic amines is 1. The Labute approximate surface area is 164 Å². The van der Waals surface area contributed by atoms with E-state index in [1.54, 1.807) is 18.1 Å². The summed E-state index contributed by atoms with van der Waals surface area (Å²) in [6, 6.07) is 15.0. The number of hydrogen-bond acceptors (Lipinski definition) is 3. The van der Waals surface area contributed by atoms with E-state index in [0.717, 1.165) is 34.3 Å². The van der Waals surface area contributed by atoms with Crippen molar-refractivity contribution in [1.82, 2.24) is 9.88 Å². The van der Waals surface area contributed by atoms with Crippen LogP contribution in [0.3, 0.4) is 0 Å². The summed E-state index contributed by atoms with van der Waals surface area (Å²) in [7, 11) is 1.60.